The number of nitrogens with zero attached hydrogens (tertiary/aromatic N) is 1. The highest BCUT2D eigenvalue weighted by atomic mass is 16.6. The van der Waals surface area contributed by atoms with Crippen molar-refractivity contribution in [1.29, 1.82) is 0 Å². The van der Waals surface area contributed by atoms with Crippen molar-refractivity contribution >= 4 is 22.7 Å². The van der Waals surface area contributed by atoms with Gasteiger partial charge in [0, 0.05) is 30.0 Å². The Bertz CT molecular complexity index is 988. The fraction of sp³-hybridized carbons (Fsp3) is 0.273. The van der Waals surface area contributed by atoms with E-state index in [-0.39, 0.29) is 11.8 Å². The number of rotatable bonds is 6. The molecule has 2 aromatic carbocycles. The molecule has 0 aliphatic carbocycles. The van der Waals surface area contributed by atoms with Gasteiger partial charge in [0.05, 0.1) is 18.2 Å². The van der Waals surface area contributed by atoms with E-state index in [2.05, 4.69) is 0 Å². The van der Waals surface area contributed by atoms with E-state index in [1.54, 1.807) is 19.2 Å². The van der Waals surface area contributed by atoms with Gasteiger partial charge in [-0.1, -0.05) is 37.3 Å². The molecule has 1 aromatic heterocycles. The molecule has 140 valence electrons. The monoisotopic (exact) mass is 365 g/mol. The maximum absolute atomic E-state index is 13.3. The summed E-state index contributed by atoms with van der Waals surface area (Å²) in [7, 11) is 1.59. The largest absolute Gasteiger partial charge is 0.497 e. The van der Waals surface area contributed by atoms with Crippen LogP contribution in [0, 0.1) is 6.92 Å². The van der Waals surface area contributed by atoms with Crippen LogP contribution >= 0.6 is 0 Å². The molecular weight excluding hydrogens is 342 g/mol. The second-order valence-electron chi connectivity index (χ2n) is 6.38. The molecule has 0 radical (unpaired) electrons. The van der Waals surface area contributed by atoms with E-state index in [1.165, 1.54) is 6.92 Å². The zero-order valence-electron chi connectivity index (χ0n) is 16.0. The van der Waals surface area contributed by atoms with Crippen LogP contribution in [0.15, 0.2) is 48.5 Å². The van der Waals surface area contributed by atoms with E-state index in [0.29, 0.717) is 23.3 Å². The predicted octanol–water partition coefficient (Wildman–Crippen LogP) is 4.66. The van der Waals surface area contributed by atoms with Crippen molar-refractivity contribution in [3.05, 3.63) is 65.4 Å². The molecular formula is C22H23NO4. The lowest BCUT2D eigenvalue weighted by atomic mass is 10.0. The van der Waals surface area contributed by atoms with Crippen LogP contribution in [0.1, 0.15) is 48.1 Å². The third kappa shape index (κ3) is 3.45. The molecule has 5 nitrogen and oxygen atoms in total. The zero-order chi connectivity index (χ0) is 19.6. The Labute approximate surface area is 158 Å². The molecule has 1 atom stereocenters. The number of methoxy groups -OCH3 is 1. The number of esters is 1. The lowest BCUT2D eigenvalue weighted by Gasteiger charge is -2.20. The third-order valence-corrected chi connectivity index (χ3v) is 4.66. The first-order chi connectivity index (χ1) is 13.0. The Morgan fingerprint density at radius 2 is 1.81 bits per heavy atom. The fourth-order valence-electron chi connectivity index (χ4n) is 3.45. The summed E-state index contributed by atoms with van der Waals surface area (Å²) in [6, 6.07) is 14.8. The van der Waals surface area contributed by atoms with Crippen LogP contribution in [-0.4, -0.2) is 23.4 Å². The molecule has 0 fully saturated rings. The second kappa shape index (κ2) is 7.66. The molecule has 0 aliphatic heterocycles. The standard InChI is InChI=1S/C22H23NO4/c1-5-20(27-15(3)24)23-14(2)21(22(25)16-9-7-6-8-10-16)18-13-17(26-4)11-12-19(18)23/h6-13,20H,5H2,1-4H3. The van der Waals surface area contributed by atoms with Crippen molar-refractivity contribution in [3.8, 4) is 5.75 Å². The minimum Gasteiger partial charge on any atom is -0.497 e. The highest BCUT2D eigenvalue weighted by molar-refractivity contribution is 6.17. The summed E-state index contributed by atoms with van der Waals surface area (Å²) in [4.78, 5) is 24.8. The molecule has 5 heteroatoms. The van der Waals surface area contributed by atoms with Crippen molar-refractivity contribution in [3.63, 3.8) is 0 Å². The summed E-state index contributed by atoms with van der Waals surface area (Å²) >= 11 is 0. The zero-order valence-corrected chi connectivity index (χ0v) is 16.0. The molecule has 1 unspecified atom stereocenters. The van der Waals surface area contributed by atoms with E-state index in [0.717, 1.165) is 16.6 Å². The molecule has 0 saturated heterocycles. The Balaban J connectivity index is 2.27. The Hall–Kier alpha value is -3.08. The fourth-order valence-corrected chi connectivity index (χ4v) is 3.45. The number of fused-ring (bicyclic) bond motifs is 1. The van der Waals surface area contributed by atoms with Crippen molar-refractivity contribution in [1.82, 2.24) is 4.57 Å². The Kier molecular flexibility index (Phi) is 5.31. The second-order valence-corrected chi connectivity index (χ2v) is 6.38. The molecule has 27 heavy (non-hydrogen) atoms. The molecule has 1 heterocycles. The molecule has 0 N–H and O–H groups in total. The minimum atomic E-state index is -0.476. The quantitative estimate of drug-likeness (QED) is 0.471. The Morgan fingerprint density at radius 3 is 2.41 bits per heavy atom. The number of aromatic nitrogens is 1. The van der Waals surface area contributed by atoms with Crippen LogP contribution in [0.3, 0.4) is 0 Å². The molecule has 0 bridgehead atoms. The maximum atomic E-state index is 13.3. The Morgan fingerprint density at radius 1 is 1.11 bits per heavy atom. The number of hydrogen-bond donors (Lipinski definition) is 0. The smallest absolute Gasteiger partial charge is 0.304 e. The topological polar surface area (TPSA) is 57.5 Å². The summed E-state index contributed by atoms with van der Waals surface area (Å²) in [5, 5.41) is 0.784. The van der Waals surface area contributed by atoms with Crippen LogP contribution in [-0.2, 0) is 9.53 Å². The van der Waals surface area contributed by atoms with Crippen LogP contribution < -0.4 is 4.74 Å². The summed E-state index contributed by atoms with van der Waals surface area (Å²) in [5.41, 5.74) is 2.81. The van der Waals surface area contributed by atoms with Gasteiger partial charge in [-0.3, -0.25) is 9.59 Å². The minimum absolute atomic E-state index is 0.0669. The molecule has 0 aliphatic rings. The van der Waals surface area contributed by atoms with Crippen LogP contribution in [0.25, 0.3) is 10.9 Å². The van der Waals surface area contributed by atoms with Gasteiger partial charge in [0.15, 0.2) is 12.0 Å². The summed E-state index contributed by atoms with van der Waals surface area (Å²) in [6.07, 6.45) is 0.116. The highest BCUT2D eigenvalue weighted by Crippen LogP contribution is 2.34. The van der Waals surface area contributed by atoms with E-state index < -0.39 is 6.23 Å². The van der Waals surface area contributed by atoms with Gasteiger partial charge in [-0.25, -0.2) is 0 Å². The van der Waals surface area contributed by atoms with E-state index in [9.17, 15) is 9.59 Å². The van der Waals surface area contributed by atoms with Gasteiger partial charge in [-0.05, 0) is 25.1 Å². The first kappa shape index (κ1) is 18.7. The van der Waals surface area contributed by atoms with Crippen molar-refractivity contribution in [2.45, 2.75) is 33.4 Å². The highest BCUT2D eigenvalue weighted by Gasteiger charge is 2.25. The SMILES string of the molecule is CCC(OC(C)=O)n1c(C)c(C(=O)c2ccccc2)c2cc(OC)ccc21. The predicted molar refractivity (Wildman–Crippen MR) is 104 cm³/mol. The van der Waals surface area contributed by atoms with Gasteiger partial charge >= 0.3 is 5.97 Å². The van der Waals surface area contributed by atoms with E-state index in [1.807, 2.05) is 54.8 Å². The van der Waals surface area contributed by atoms with E-state index >= 15 is 0 Å². The summed E-state index contributed by atoms with van der Waals surface area (Å²) < 4.78 is 12.8. The first-order valence-corrected chi connectivity index (χ1v) is 8.93. The van der Waals surface area contributed by atoms with Gasteiger partial charge in [-0.15, -0.1) is 0 Å². The average molecular weight is 365 g/mol. The van der Waals surface area contributed by atoms with Crippen LogP contribution in [0.4, 0.5) is 0 Å². The molecule has 0 spiro atoms. The number of hydrogen-bond acceptors (Lipinski definition) is 4. The van der Waals surface area contributed by atoms with Gasteiger partial charge in [-0.2, -0.15) is 0 Å². The first-order valence-electron chi connectivity index (χ1n) is 8.93. The van der Waals surface area contributed by atoms with Crippen LogP contribution in [0.2, 0.25) is 0 Å². The van der Waals surface area contributed by atoms with Crippen molar-refractivity contribution < 1.29 is 19.1 Å². The van der Waals surface area contributed by atoms with Crippen LogP contribution in [0.5, 0.6) is 5.75 Å². The third-order valence-electron chi connectivity index (χ3n) is 4.66. The molecule has 0 saturated carbocycles. The lowest BCUT2D eigenvalue weighted by Crippen LogP contribution is -2.16. The summed E-state index contributed by atoms with van der Waals surface area (Å²) in [6.45, 7) is 5.22. The molecule has 0 amide bonds. The van der Waals surface area contributed by atoms with Gasteiger partial charge < -0.3 is 14.0 Å². The lowest BCUT2D eigenvalue weighted by molar-refractivity contribution is -0.151. The average Bonchev–Trinajstić information content (AvgIpc) is 2.97. The molecule has 3 rings (SSSR count). The van der Waals surface area contributed by atoms with E-state index in [4.69, 9.17) is 9.47 Å². The number of ether oxygens (including phenoxy) is 2. The number of benzene rings is 2. The number of ketones is 1. The summed E-state index contributed by atoms with van der Waals surface area (Å²) in [5.74, 6) is 0.248. The maximum Gasteiger partial charge on any atom is 0.304 e. The van der Waals surface area contributed by atoms with Crippen molar-refractivity contribution in [2.24, 2.45) is 0 Å². The van der Waals surface area contributed by atoms with Gasteiger partial charge in [0.1, 0.15) is 5.75 Å². The molecule has 3 aromatic rings. The number of carbonyl (C=O) groups is 2. The number of carbonyl (C=O) groups excluding carboxylic acids is 2. The van der Waals surface area contributed by atoms with Gasteiger partial charge in [0.2, 0.25) is 0 Å². The van der Waals surface area contributed by atoms with Crippen molar-refractivity contribution in [2.75, 3.05) is 7.11 Å². The van der Waals surface area contributed by atoms with Gasteiger partial charge in [0.25, 0.3) is 0 Å². The normalized spacial score (nSPS) is 12.0.